The highest BCUT2D eigenvalue weighted by atomic mass is 127. The third kappa shape index (κ3) is 6.30. The van der Waals surface area contributed by atoms with E-state index in [4.69, 9.17) is 14.2 Å². The zero-order valence-corrected chi connectivity index (χ0v) is 27.2. The van der Waals surface area contributed by atoms with Gasteiger partial charge in [-0.2, -0.15) is 0 Å². The first kappa shape index (κ1) is 30.8. The summed E-state index contributed by atoms with van der Waals surface area (Å²) in [4.78, 5) is 26.0. The molecule has 3 fully saturated rings. The quantitative estimate of drug-likeness (QED) is 0.128. The highest BCUT2D eigenvalue weighted by Gasteiger charge is 2.70. The number of hydrogen-bond donors (Lipinski definition) is 3. The van der Waals surface area contributed by atoms with E-state index in [0.29, 0.717) is 48.0 Å². The van der Waals surface area contributed by atoms with Crippen molar-refractivity contribution in [2.45, 2.75) is 76.5 Å². The SMILES string of the molecule is COc1cc(NC(=O)CCCc2ccc(-c3ccccc3)c(NC(=O)OC3CC(C)(C)C4C5OC5C3N4I)c2)ccc1CO. The fourth-order valence-electron chi connectivity index (χ4n) is 6.78. The first-order chi connectivity index (χ1) is 21.2. The molecule has 232 valence electrons. The number of carbonyl (C=O) groups is 2. The van der Waals surface area contributed by atoms with E-state index >= 15 is 0 Å². The number of epoxide rings is 1. The standard InChI is InChI=1S/C34H38IN3O6/c1-34(2)18-27(29-30-31(44-30)32(34)38(29)35)43-33(41)37-25-16-20(12-15-24(25)21-9-5-4-6-10-21)8-7-11-28(40)36-23-14-13-22(19-39)26(17-23)42-3/h4-6,9-10,12-17,27,29-32,39H,7-8,11,18-19H2,1-3H3,(H,36,40)(H,37,41). The van der Waals surface area contributed by atoms with Crippen molar-refractivity contribution in [3.8, 4) is 16.9 Å². The molecule has 2 amide bonds. The Morgan fingerprint density at radius 3 is 2.61 bits per heavy atom. The van der Waals surface area contributed by atoms with E-state index in [1.807, 2.05) is 48.5 Å². The maximum Gasteiger partial charge on any atom is 0.411 e. The first-order valence-corrected chi connectivity index (χ1v) is 16.0. The molecule has 0 radical (unpaired) electrons. The number of aliphatic hydroxyl groups excluding tert-OH is 1. The molecule has 5 unspecified atom stereocenters. The number of hydrogen-bond acceptors (Lipinski definition) is 7. The number of nitrogens with one attached hydrogen (secondary N) is 2. The molecule has 3 saturated heterocycles. The molecule has 0 aromatic heterocycles. The zero-order valence-electron chi connectivity index (χ0n) is 25.1. The number of anilines is 2. The van der Waals surface area contributed by atoms with E-state index in [-0.39, 0.29) is 42.3 Å². The molecule has 0 spiro atoms. The Hall–Kier alpha value is -3.19. The number of rotatable bonds is 10. The van der Waals surface area contributed by atoms with Gasteiger partial charge in [0.05, 0.1) is 31.5 Å². The fourth-order valence-corrected chi connectivity index (χ4v) is 8.52. The number of ether oxygens (including phenoxy) is 3. The second-order valence-corrected chi connectivity index (χ2v) is 13.6. The monoisotopic (exact) mass is 711 g/mol. The van der Waals surface area contributed by atoms with Gasteiger partial charge in [0.25, 0.3) is 0 Å². The van der Waals surface area contributed by atoms with Crippen LogP contribution in [0.4, 0.5) is 16.2 Å². The molecular weight excluding hydrogens is 673 g/mol. The summed E-state index contributed by atoms with van der Waals surface area (Å²) < 4.78 is 19.7. The van der Waals surface area contributed by atoms with Crippen LogP contribution in [0.15, 0.2) is 66.7 Å². The van der Waals surface area contributed by atoms with E-state index in [9.17, 15) is 14.7 Å². The van der Waals surface area contributed by atoms with E-state index in [2.05, 4.69) is 50.5 Å². The topological polar surface area (TPSA) is 113 Å². The van der Waals surface area contributed by atoms with Crippen LogP contribution in [0.5, 0.6) is 5.75 Å². The van der Waals surface area contributed by atoms with Crippen LogP contribution >= 0.6 is 22.9 Å². The smallest absolute Gasteiger partial charge is 0.411 e. The normalized spacial score (nSPS) is 24.7. The number of fused-ring (bicyclic) bond motifs is 5. The predicted molar refractivity (Wildman–Crippen MR) is 177 cm³/mol. The van der Waals surface area contributed by atoms with Crippen molar-refractivity contribution in [3.63, 3.8) is 0 Å². The molecule has 3 aromatic carbocycles. The van der Waals surface area contributed by atoms with Crippen LogP contribution in [-0.2, 0) is 27.3 Å². The molecule has 3 aromatic rings. The van der Waals surface area contributed by atoms with Crippen molar-refractivity contribution in [2.75, 3.05) is 17.7 Å². The minimum Gasteiger partial charge on any atom is -0.496 e. The Bertz CT molecular complexity index is 1530. The van der Waals surface area contributed by atoms with Crippen LogP contribution < -0.4 is 15.4 Å². The van der Waals surface area contributed by atoms with Gasteiger partial charge in [0.2, 0.25) is 5.91 Å². The van der Waals surface area contributed by atoms with Crippen molar-refractivity contribution in [3.05, 3.63) is 77.9 Å². The molecule has 3 N–H and O–H groups in total. The van der Waals surface area contributed by atoms with Gasteiger partial charge >= 0.3 is 6.09 Å². The van der Waals surface area contributed by atoms with Gasteiger partial charge in [-0.05, 0) is 47.9 Å². The van der Waals surface area contributed by atoms with Crippen LogP contribution in [0, 0.1) is 5.41 Å². The van der Waals surface area contributed by atoms with Gasteiger partial charge < -0.3 is 24.6 Å². The number of amides is 2. The average Bonchev–Trinajstić information content (AvgIpc) is 3.71. The van der Waals surface area contributed by atoms with Crippen molar-refractivity contribution in [1.82, 2.24) is 3.11 Å². The number of piperidine rings is 1. The number of morpholine rings is 1. The van der Waals surface area contributed by atoms with E-state index in [1.54, 1.807) is 18.2 Å². The Morgan fingerprint density at radius 1 is 1.07 bits per heavy atom. The highest BCUT2D eigenvalue weighted by molar-refractivity contribution is 14.1. The zero-order chi connectivity index (χ0) is 31.0. The summed E-state index contributed by atoms with van der Waals surface area (Å²) in [7, 11) is 1.53. The minimum absolute atomic E-state index is 0.0328. The van der Waals surface area contributed by atoms with Gasteiger partial charge in [0.1, 0.15) is 24.1 Å². The fraction of sp³-hybridized carbons (Fsp3) is 0.412. The van der Waals surface area contributed by atoms with Crippen molar-refractivity contribution in [2.24, 2.45) is 5.41 Å². The number of methoxy groups -OCH3 is 1. The Labute approximate surface area is 271 Å². The number of aryl methyl sites for hydroxylation is 1. The third-order valence-corrected chi connectivity index (χ3v) is 10.2. The van der Waals surface area contributed by atoms with Crippen molar-refractivity contribution >= 4 is 46.2 Å². The van der Waals surface area contributed by atoms with E-state index < -0.39 is 6.09 Å². The maximum atomic E-state index is 13.4. The Kier molecular flexibility index (Phi) is 8.87. The summed E-state index contributed by atoms with van der Waals surface area (Å²) >= 11 is 2.37. The molecule has 6 rings (SSSR count). The number of halogens is 1. The number of aliphatic hydroxyl groups is 1. The summed E-state index contributed by atoms with van der Waals surface area (Å²) in [6, 6.07) is 21.5. The lowest BCUT2D eigenvalue weighted by molar-refractivity contribution is -0.116. The largest absolute Gasteiger partial charge is 0.496 e. The summed E-state index contributed by atoms with van der Waals surface area (Å²) in [5.74, 6) is 0.418. The van der Waals surface area contributed by atoms with Crippen molar-refractivity contribution in [1.29, 1.82) is 0 Å². The Balaban J connectivity index is 1.11. The lowest BCUT2D eigenvalue weighted by atomic mass is 9.77. The average molecular weight is 712 g/mol. The Morgan fingerprint density at radius 2 is 1.86 bits per heavy atom. The van der Waals surface area contributed by atoms with Gasteiger partial charge in [-0.15, -0.1) is 0 Å². The molecule has 3 aliphatic rings. The first-order valence-electron chi connectivity index (χ1n) is 15.0. The van der Waals surface area contributed by atoms with E-state index in [0.717, 1.165) is 23.1 Å². The highest BCUT2D eigenvalue weighted by Crippen LogP contribution is 2.57. The molecule has 44 heavy (non-hydrogen) atoms. The lowest BCUT2D eigenvalue weighted by Crippen LogP contribution is -2.56. The van der Waals surface area contributed by atoms with Gasteiger partial charge in [-0.3, -0.25) is 10.1 Å². The number of benzene rings is 3. The summed E-state index contributed by atoms with van der Waals surface area (Å²) in [5.41, 5.74) is 4.80. The molecule has 10 heteroatoms. The summed E-state index contributed by atoms with van der Waals surface area (Å²) in [5, 5.41) is 15.4. The number of carbonyl (C=O) groups excluding carboxylic acids is 2. The maximum absolute atomic E-state index is 13.4. The second-order valence-electron chi connectivity index (χ2n) is 12.4. The van der Waals surface area contributed by atoms with Crippen molar-refractivity contribution < 1.29 is 28.9 Å². The van der Waals surface area contributed by atoms with Crippen LogP contribution in [-0.4, -0.2) is 57.7 Å². The number of nitrogens with zero attached hydrogens (tertiary/aromatic N) is 1. The predicted octanol–water partition coefficient (Wildman–Crippen LogP) is 6.33. The molecule has 0 saturated carbocycles. The molecule has 2 bridgehead atoms. The molecule has 9 nitrogen and oxygen atoms in total. The lowest BCUT2D eigenvalue weighted by Gasteiger charge is -2.46. The van der Waals surface area contributed by atoms with E-state index in [1.165, 1.54) is 7.11 Å². The molecular formula is C34H38IN3O6. The van der Waals surface area contributed by atoms with Gasteiger partial charge in [-0.25, -0.2) is 7.91 Å². The minimum atomic E-state index is -0.477. The van der Waals surface area contributed by atoms with Crippen LogP contribution in [0.2, 0.25) is 0 Å². The van der Waals surface area contributed by atoms with Crippen LogP contribution in [0.1, 0.15) is 44.2 Å². The second kappa shape index (κ2) is 12.7. The molecule has 3 aliphatic heterocycles. The van der Waals surface area contributed by atoms with Crippen LogP contribution in [0.3, 0.4) is 0 Å². The van der Waals surface area contributed by atoms with Gasteiger partial charge in [0.15, 0.2) is 0 Å². The summed E-state index contributed by atoms with van der Waals surface area (Å²) in [6.07, 6.45) is 2.00. The van der Waals surface area contributed by atoms with Gasteiger partial charge in [-0.1, -0.05) is 62.4 Å². The van der Waals surface area contributed by atoms with Gasteiger partial charge in [0, 0.05) is 52.2 Å². The summed E-state index contributed by atoms with van der Waals surface area (Å²) in [6.45, 7) is 4.30. The molecule has 3 heterocycles. The third-order valence-electron chi connectivity index (χ3n) is 8.94. The van der Waals surface area contributed by atoms with Crippen LogP contribution in [0.25, 0.3) is 11.1 Å². The molecule has 5 atom stereocenters. The molecule has 0 aliphatic carbocycles.